The molecule has 0 spiro atoms. The van der Waals surface area contributed by atoms with Crippen LogP contribution in [0.3, 0.4) is 0 Å². The number of anilines is 2. The first-order valence-electron chi connectivity index (χ1n) is 7.42. The van der Waals surface area contributed by atoms with Crippen molar-refractivity contribution in [1.82, 2.24) is 10.2 Å². The van der Waals surface area contributed by atoms with Crippen molar-refractivity contribution in [3.63, 3.8) is 0 Å². The maximum atomic E-state index is 12.4. The zero-order chi connectivity index (χ0) is 20.3. The topological polar surface area (TPSA) is 144 Å². The fourth-order valence-corrected chi connectivity index (χ4v) is 4.09. The number of nitrogens with zero attached hydrogens (tertiary/aromatic N) is 3. The number of aromatic nitrogens is 2. The van der Waals surface area contributed by atoms with Gasteiger partial charge in [0.2, 0.25) is 5.13 Å². The van der Waals surface area contributed by atoms with Crippen LogP contribution < -0.4 is 10.0 Å². The van der Waals surface area contributed by atoms with Crippen molar-refractivity contribution in [2.45, 2.75) is 4.34 Å². The Morgan fingerprint density at radius 1 is 1.14 bits per heavy atom. The summed E-state index contributed by atoms with van der Waals surface area (Å²) in [6.07, 6.45) is 0. The molecule has 0 unspecified atom stereocenters. The van der Waals surface area contributed by atoms with E-state index in [0.29, 0.717) is 21.9 Å². The van der Waals surface area contributed by atoms with E-state index in [0.717, 1.165) is 6.07 Å². The lowest BCUT2D eigenvalue weighted by atomic mass is 10.2. The average Bonchev–Trinajstić information content (AvgIpc) is 3.11. The first-order chi connectivity index (χ1) is 13.2. The van der Waals surface area contributed by atoms with E-state index in [2.05, 4.69) is 20.2 Å². The average molecular weight is 440 g/mol. The van der Waals surface area contributed by atoms with E-state index in [1.807, 2.05) is 0 Å². The number of rotatable bonds is 6. The normalized spacial score (nSPS) is 11.0. The minimum absolute atomic E-state index is 0.00356. The quantitative estimate of drug-likeness (QED) is 0.341. The number of halogens is 1. The van der Waals surface area contributed by atoms with Crippen molar-refractivity contribution < 1.29 is 18.1 Å². The SMILES string of the molecule is O=C(Nc1nnc(S(=O)(=O)Nc2cccc([N+](=O)[O-])c2)s1)c1ccc(Cl)cc1. The summed E-state index contributed by atoms with van der Waals surface area (Å²) in [5, 5.41) is 20.9. The molecule has 10 nitrogen and oxygen atoms in total. The standard InChI is InChI=1S/C15H10ClN5O5S2/c16-10-6-4-9(5-7-10)13(22)17-14-18-19-15(27-14)28(25,26)20-11-2-1-3-12(8-11)21(23)24/h1-8,20H,(H,17,18,22). The number of amides is 1. The molecule has 0 bridgehead atoms. The summed E-state index contributed by atoms with van der Waals surface area (Å²) in [6, 6.07) is 11.1. The number of nitro benzene ring substituents is 1. The van der Waals surface area contributed by atoms with Gasteiger partial charge in [-0.3, -0.25) is 24.9 Å². The molecule has 1 heterocycles. The molecule has 2 N–H and O–H groups in total. The Labute approximate surface area is 167 Å². The van der Waals surface area contributed by atoms with Crippen LogP contribution in [0.5, 0.6) is 0 Å². The van der Waals surface area contributed by atoms with Gasteiger partial charge in [0.15, 0.2) is 0 Å². The number of non-ortho nitro benzene ring substituents is 1. The fourth-order valence-electron chi connectivity index (χ4n) is 2.02. The molecule has 3 aromatic rings. The number of benzene rings is 2. The summed E-state index contributed by atoms with van der Waals surface area (Å²) in [4.78, 5) is 22.3. The Bertz CT molecular complexity index is 1150. The van der Waals surface area contributed by atoms with E-state index in [9.17, 15) is 23.3 Å². The van der Waals surface area contributed by atoms with Gasteiger partial charge in [0, 0.05) is 22.7 Å². The summed E-state index contributed by atoms with van der Waals surface area (Å²) in [5.74, 6) is -0.511. The Morgan fingerprint density at radius 3 is 2.54 bits per heavy atom. The molecule has 2 aromatic carbocycles. The van der Waals surface area contributed by atoms with E-state index in [1.54, 1.807) is 0 Å². The highest BCUT2D eigenvalue weighted by Crippen LogP contribution is 2.24. The first kappa shape index (κ1) is 19.7. The van der Waals surface area contributed by atoms with Crippen LogP contribution in [0.25, 0.3) is 0 Å². The number of hydrogen-bond donors (Lipinski definition) is 2. The molecule has 0 radical (unpaired) electrons. The minimum Gasteiger partial charge on any atom is -0.296 e. The molecule has 144 valence electrons. The molecule has 0 fully saturated rings. The zero-order valence-corrected chi connectivity index (χ0v) is 16.1. The summed E-state index contributed by atoms with van der Waals surface area (Å²) in [6.45, 7) is 0. The van der Waals surface area contributed by atoms with E-state index >= 15 is 0 Å². The zero-order valence-electron chi connectivity index (χ0n) is 13.7. The molecule has 0 saturated carbocycles. The monoisotopic (exact) mass is 439 g/mol. The molecule has 0 aliphatic rings. The van der Waals surface area contributed by atoms with Gasteiger partial charge in [-0.2, -0.15) is 8.42 Å². The Kier molecular flexibility index (Phi) is 5.53. The van der Waals surface area contributed by atoms with Gasteiger partial charge >= 0.3 is 0 Å². The van der Waals surface area contributed by atoms with Crippen molar-refractivity contribution in [3.8, 4) is 0 Å². The van der Waals surface area contributed by atoms with Crippen molar-refractivity contribution in [2.75, 3.05) is 10.0 Å². The molecular formula is C15H10ClN5O5S2. The number of nitrogens with one attached hydrogen (secondary N) is 2. The Hall–Kier alpha value is -3.09. The van der Waals surface area contributed by atoms with Gasteiger partial charge < -0.3 is 0 Å². The smallest absolute Gasteiger partial charge is 0.291 e. The van der Waals surface area contributed by atoms with E-state index in [-0.39, 0.29) is 16.5 Å². The highest BCUT2D eigenvalue weighted by molar-refractivity contribution is 7.94. The lowest BCUT2D eigenvalue weighted by Crippen LogP contribution is -2.12. The van der Waals surface area contributed by atoms with Crippen LogP contribution >= 0.6 is 22.9 Å². The molecule has 1 amide bonds. The third kappa shape index (κ3) is 4.60. The first-order valence-corrected chi connectivity index (χ1v) is 10.1. The van der Waals surface area contributed by atoms with Crippen LogP contribution in [0, 0.1) is 10.1 Å². The van der Waals surface area contributed by atoms with Gasteiger partial charge in [-0.05, 0) is 30.3 Å². The molecule has 0 aliphatic heterocycles. The van der Waals surface area contributed by atoms with Crippen molar-refractivity contribution in [3.05, 3.63) is 69.2 Å². The molecule has 0 atom stereocenters. The van der Waals surface area contributed by atoms with E-state index < -0.39 is 25.2 Å². The predicted molar refractivity (Wildman–Crippen MR) is 103 cm³/mol. The summed E-state index contributed by atoms with van der Waals surface area (Å²) >= 11 is 6.39. The van der Waals surface area contributed by atoms with Gasteiger partial charge in [0.25, 0.3) is 26.0 Å². The van der Waals surface area contributed by atoms with Gasteiger partial charge in [-0.15, -0.1) is 10.2 Å². The minimum atomic E-state index is -4.14. The fraction of sp³-hybridized carbons (Fsp3) is 0. The second kappa shape index (κ2) is 7.88. The van der Waals surface area contributed by atoms with Crippen LogP contribution in [0.1, 0.15) is 10.4 Å². The van der Waals surface area contributed by atoms with Crippen molar-refractivity contribution >= 4 is 55.4 Å². The molecule has 3 rings (SSSR count). The lowest BCUT2D eigenvalue weighted by molar-refractivity contribution is -0.384. The number of carbonyl (C=O) groups is 1. The molecule has 0 aliphatic carbocycles. The predicted octanol–water partition coefficient (Wildman–Crippen LogP) is 3.15. The molecule has 0 saturated heterocycles. The van der Waals surface area contributed by atoms with E-state index in [1.165, 1.54) is 42.5 Å². The van der Waals surface area contributed by atoms with Crippen molar-refractivity contribution in [1.29, 1.82) is 0 Å². The van der Waals surface area contributed by atoms with Gasteiger partial charge in [-0.1, -0.05) is 29.0 Å². The third-order valence-corrected chi connectivity index (χ3v) is 6.11. The second-order valence-corrected chi connectivity index (χ2v) is 8.52. The van der Waals surface area contributed by atoms with Crippen LogP contribution in [0.2, 0.25) is 5.02 Å². The summed E-state index contributed by atoms with van der Waals surface area (Å²) in [5.41, 5.74) is 0.0308. The van der Waals surface area contributed by atoms with Crippen LogP contribution in [0.4, 0.5) is 16.5 Å². The Balaban J connectivity index is 1.75. The second-order valence-electron chi connectivity index (χ2n) is 5.25. The van der Waals surface area contributed by atoms with Gasteiger partial charge in [0.05, 0.1) is 10.6 Å². The van der Waals surface area contributed by atoms with Gasteiger partial charge in [0.1, 0.15) is 0 Å². The molecular weight excluding hydrogens is 430 g/mol. The largest absolute Gasteiger partial charge is 0.296 e. The van der Waals surface area contributed by atoms with Crippen LogP contribution in [0.15, 0.2) is 52.9 Å². The van der Waals surface area contributed by atoms with Crippen molar-refractivity contribution in [2.24, 2.45) is 0 Å². The summed E-state index contributed by atoms with van der Waals surface area (Å²) < 4.78 is 26.5. The molecule has 1 aromatic heterocycles. The Morgan fingerprint density at radius 2 is 1.86 bits per heavy atom. The number of sulfonamides is 1. The maximum Gasteiger partial charge on any atom is 0.291 e. The number of carbonyl (C=O) groups excluding carboxylic acids is 1. The van der Waals surface area contributed by atoms with Crippen LogP contribution in [-0.4, -0.2) is 29.4 Å². The lowest BCUT2D eigenvalue weighted by Gasteiger charge is -2.04. The van der Waals surface area contributed by atoms with Gasteiger partial charge in [-0.25, -0.2) is 0 Å². The maximum absolute atomic E-state index is 12.4. The van der Waals surface area contributed by atoms with E-state index in [4.69, 9.17) is 11.6 Å². The number of nitro groups is 1. The molecule has 13 heteroatoms. The molecule has 28 heavy (non-hydrogen) atoms. The highest BCUT2D eigenvalue weighted by Gasteiger charge is 2.22. The van der Waals surface area contributed by atoms with Crippen LogP contribution in [-0.2, 0) is 10.0 Å². The number of hydrogen-bond acceptors (Lipinski definition) is 8. The summed E-state index contributed by atoms with van der Waals surface area (Å²) in [7, 11) is -4.14. The third-order valence-electron chi connectivity index (χ3n) is 3.27. The highest BCUT2D eigenvalue weighted by atomic mass is 35.5.